The Morgan fingerprint density at radius 2 is 1.51 bits per heavy atom. The highest BCUT2D eigenvalue weighted by atomic mass is 28.4. The third-order valence-electron chi connectivity index (χ3n) is 8.95. The second kappa shape index (κ2) is 13.0. The molecule has 0 saturated carbocycles. The molecule has 1 aliphatic heterocycles. The molecule has 0 spiro atoms. The number of carbonyl (C=O) groups is 3. The molecule has 0 radical (unpaired) electrons. The number of benzene rings is 1. The number of nitrogens with zero attached hydrogens (tertiary/aromatic N) is 1. The van der Waals surface area contributed by atoms with Gasteiger partial charge in [-0.2, -0.15) is 0 Å². The minimum atomic E-state index is -2.39. The van der Waals surface area contributed by atoms with Gasteiger partial charge in [0, 0.05) is 6.42 Å². The van der Waals surface area contributed by atoms with Crippen LogP contribution in [0.1, 0.15) is 66.6 Å². The first kappa shape index (κ1) is 35.1. The van der Waals surface area contributed by atoms with E-state index in [-0.39, 0.29) is 28.9 Å². The number of amides is 1. The van der Waals surface area contributed by atoms with Crippen molar-refractivity contribution in [3.8, 4) is 0 Å². The Balaban J connectivity index is 2.46. The zero-order valence-corrected chi connectivity index (χ0v) is 28.8. The normalized spacial score (nSPS) is 20.6. The van der Waals surface area contributed by atoms with E-state index in [1.165, 1.54) is 6.08 Å². The van der Waals surface area contributed by atoms with Crippen LogP contribution in [0.25, 0.3) is 0 Å². The van der Waals surface area contributed by atoms with Gasteiger partial charge in [0.2, 0.25) is 12.1 Å². The maximum absolute atomic E-state index is 14.1. The summed E-state index contributed by atoms with van der Waals surface area (Å²) in [7, 11) is -4.66. The summed E-state index contributed by atoms with van der Waals surface area (Å²) in [6, 6.07) is 8.56. The standard InChI is InChI=1S/C31H51NO7Si2/c1-13-19-37-29(36)28(35)32-23(25(27(32)34)21(2)38-40(9,10)30(3,4)5)20-24(33)26(22-17-15-14-16-18-22)39-41(11,12)31(6,7)8/h13-18,21,23,25-26,28,35H,1,19-20H2,2-12H3/t21-,23-,25-,26?,28?/m1/s1. The van der Waals surface area contributed by atoms with E-state index >= 15 is 0 Å². The average Bonchev–Trinajstić information content (AvgIpc) is 2.84. The largest absolute Gasteiger partial charge is 0.458 e. The van der Waals surface area contributed by atoms with Gasteiger partial charge >= 0.3 is 5.97 Å². The topological polar surface area (TPSA) is 102 Å². The van der Waals surface area contributed by atoms with E-state index in [1.54, 1.807) is 0 Å². The smallest absolute Gasteiger partial charge is 0.356 e. The van der Waals surface area contributed by atoms with Gasteiger partial charge in [-0.15, -0.1) is 0 Å². The molecule has 0 aromatic heterocycles. The van der Waals surface area contributed by atoms with E-state index in [4.69, 9.17) is 13.6 Å². The Morgan fingerprint density at radius 1 is 1.00 bits per heavy atom. The first-order valence-electron chi connectivity index (χ1n) is 14.4. The van der Waals surface area contributed by atoms with Crippen LogP contribution in [0.15, 0.2) is 43.0 Å². The van der Waals surface area contributed by atoms with Crippen molar-refractivity contribution >= 4 is 34.3 Å². The molecule has 41 heavy (non-hydrogen) atoms. The fourth-order valence-electron chi connectivity index (χ4n) is 4.41. The molecule has 1 heterocycles. The highest BCUT2D eigenvalue weighted by Crippen LogP contribution is 2.44. The number of aliphatic hydroxyl groups is 1. The number of aliphatic hydroxyl groups excluding tert-OH is 1. The van der Waals surface area contributed by atoms with Crippen molar-refractivity contribution in [2.24, 2.45) is 5.92 Å². The van der Waals surface area contributed by atoms with Crippen molar-refractivity contribution in [1.82, 2.24) is 4.90 Å². The van der Waals surface area contributed by atoms with Crippen molar-refractivity contribution in [3.63, 3.8) is 0 Å². The second-order valence-corrected chi connectivity index (χ2v) is 23.6. The van der Waals surface area contributed by atoms with Crippen LogP contribution in [-0.4, -0.2) is 69.3 Å². The van der Waals surface area contributed by atoms with Crippen LogP contribution in [0.4, 0.5) is 0 Å². The Bertz CT molecular complexity index is 1090. The predicted octanol–water partition coefficient (Wildman–Crippen LogP) is 5.99. The average molecular weight is 606 g/mol. The molecule has 1 amide bonds. The number of β-lactam (4-membered cyclic amide) rings is 1. The molecule has 0 aliphatic carbocycles. The molecule has 1 fully saturated rings. The van der Waals surface area contributed by atoms with Gasteiger partial charge in [-0.1, -0.05) is 84.5 Å². The van der Waals surface area contributed by atoms with Crippen molar-refractivity contribution in [2.45, 2.75) is 116 Å². The minimum Gasteiger partial charge on any atom is -0.458 e. The van der Waals surface area contributed by atoms with Gasteiger partial charge in [0.05, 0.1) is 18.1 Å². The molecule has 1 N–H and O–H groups in total. The molecule has 1 saturated heterocycles. The van der Waals surface area contributed by atoms with Gasteiger partial charge in [-0.25, -0.2) is 4.79 Å². The lowest BCUT2D eigenvalue weighted by Crippen LogP contribution is -2.70. The van der Waals surface area contributed by atoms with E-state index in [1.807, 2.05) is 37.3 Å². The molecule has 1 aliphatic rings. The van der Waals surface area contributed by atoms with E-state index in [9.17, 15) is 19.5 Å². The summed E-state index contributed by atoms with van der Waals surface area (Å²) in [5.74, 6) is -2.35. The molecule has 0 bridgehead atoms. The summed E-state index contributed by atoms with van der Waals surface area (Å²) in [6.45, 7) is 26.3. The van der Waals surface area contributed by atoms with E-state index in [2.05, 4.69) is 74.3 Å². The maximum Gasteiger partial charge on any atom is 0.356 e. The second-order valence-electron chi connectivity index (χ2n) is 14.1. The molecule has 230 valence electrons. The lowest BCUT2D eigenvalue weighted by molar-refractivity contribution is -0.197. The Hall–Kier alpha value is -2.12. The molecule has 1 aromatic rings. The first-order chi connectivity index (χ1) is 18.7. The maximum atomic E-state index is 14.1. The number of rotatable bonds is 13. The fourth-order valence-corrected chi connectivity index (χ4v) is 7.05. The monoisotopic (exact) mass is 605 g/mol. The molecular formula is C31H51NO7Si2. The molecule has 2 rings (SSSR count). The molecule has 5 atom stereocenters. The summed E-state index contributed by atoms with van der Waals surface area (Å²) in [5.41, 5.74) is 0.729. The van der Waals surface area contributed by atoms with Gasteiger partial charge in [-0.3, -0.25) is 9.59 Å². The number of carbonyl (C=O) groups excluding carboxylic acids is 3. The van der Waals surface area contributed by atoms with Gasteiger partial charge < -0.3 is 23.6 Å². The van der Waals surface area contributed by atoms with Crippen LogP contribution in [-0.2, 0) is 28.0 Å². The van der Waals surface area contributed by atoms with Gasteiger partial charge in [0.15, 0.2) is 22.4 Å². The van der Waals surface area contributed by atoms with Gasteiger partial charge in [0.1, 0.15) is 12.7 Å². The summed E-state index contributed by atoms with van der Waals surface area (Å²) in [6.07, 6.45) is -1.94. The van der Waals surface area contributed by atoms with Crippen LogP contribution in [0.2, 0.25) is 36.3 Å². The Kier molecular flexibility index (Phi) is 11.2. The Labute approximate surface area is 248 Å². The lowest BCUT2D eigenvalue weighted by atomic mass is 9.79. The number of hydrogen-bond donors (Lipinski definition) is 1. The van der Waals surface area contributed by atoms with Crippen molar-refractivity contribution in [3.05, 3.63) is 48.6 Å². The third kappa shape index (κ3) is 8.04. The van der Waals surface area contributed by atoms with E-state index in [0.717, 1.165) is 10.5 Å². The molecule has 1 aromatic carbocycles. The SMILES string of the molecule is C=CCOC(=O)C(O)N1C(=O)[C@H]([C@@H](C)O[Si](C)(C)C(C)(C)C)[C@H]1CC(=O)C(O[Si](C)(C)C(C)(C)C)c1ccccc1. The fraction of sp³-hybridized carbons (Fsp3) is 0.645. The summed E-state index contributed by atoms with van der Waals surface area (Å²) >= 11 is 0. The lowest BCUT2D eigenvalue weighted by Gasteiger charge is -2.52. The predicted molar refractivity (Wildman–Crippen MR) is 166 cm³/mol. The van der Waals surface area contributed by atoms with Crippen LogP contribution in [0, 0.1) is 5.92 Å². The first-order valence-corrected chi connectivity index (χ1v) is 20.2. The number of hydrogen-bond acceptors (Lipinski definition) is 7. The molecular weight excluding hydrogens is 555 g/mol. The highest BCUT2D eigenvalue weighted by molar-refractivity contribution is 6.74. The third-order valence-corrected chi connectivity index (χ3v) is 18.0. The van der Waals surface area contributed by atoms with Crippen molar-refractivity contribution in [2.75, 3.05) is 6.61 Å². The number of likely N-dealkylation sites (tertiary alicyclic amines) is 1. The molecule has 10 heteroatoms. The summed E-state index contributed by atoms with van der Waals surface area (Å²) < 4.78 is 18.2. The van der Waals surface area contributed by atoms with E-state index in [0.29, 0.717) is 0 Å². The Morgan fingerprint density at radius 3 is 2.00 bits per heavy atom. The quantitative estimate of drug-likeness (QED) is 0.127. The van der Waals surface area contributed by atoms with Crippen molar-refractivity contribution < 1.29 is 33.1 Å². The van der Waals surface area contributed by atoms with Crippen LogP contribution in [0.3, 0.4) is 0 Å². The van der Waals surface area contributed by atoms with Crippen LogP contribution < -0.4 is 0 Å². The van der Waals surface area contributed by atoms with Gasteiger partial charge in [0.25, 0.3) is 0 Å². The summed E-state index contributed by atoms with van der Waals surface area (Å²) in [5, 5.41) is 10.6. The molecule has 8 nitrogen and oxygen atoms in total. The number of ketones is 1. The number of Topliss-reactive ketones (excluding diaryl/α,β-unsaturated/α-hetero) is 1. The summed E-state index contributed by atoms with van der Waals surface area (Å²) in [4.78, 5) is 41.2. The zero-order valence-electron chi connectivity index (χ0n) is 26.8. The van der Waals surface area contributed by atoms with Crippen molar-refractivity contribution in [1.29, 1.82) is 0 Å². The zero-order chi connectivity index (χ0) is 31.6. The minimum absolute atomic E-state index is 0.0948. The molecule has 2 unspecified atom stereocenters. The van der Waals surface area contributed by atoms with E-state index < -0.39 is 58.9 Å². The number of ether oxygens (including phenoxy) is 1. The van der Waals surface area contributed by atoms with Gasteiger partial charge in [-0.05, 0) is 48.8 Å². The highest BCUT2D eigenvalue weighted by Gasteiger charge is 2.57. The van der Waals surface area contributed by atoms with Crippen LogP contribution >= 0.6 is 0 Å². The number of esters is 1. The van der Waals surface area contributed by atoms with Crippen LogP contribution in [0.5, 0.6) is 0 Å².